The van der Waals surface area contributed by atoms with E-state index in [-0.39, 0.29) is 23.1 Å². The molecule has 0 saturated carbocycles. The first-order valence-corrected chi connectivity index (χ1v) is 8.79. The lowest BCUT2D eigenvalue weighted by Crippen LogP contribution is -2.26. The number of hydrogen-bond acceptors (Lipinski definition) is 5. The highest BCUT2D eigenvalue weighted by atomic mass is 32.2. The summed E-state index contributed by atoms with van der Waals surface area (Å²) in [5, 5.41) is 2.62. The van der Waals surface area contributed by atoms with E-state index in [1.807, 2.05) is 6.92 Å². The van der Waals surface area contributed by atoms with Crippen LogP contribution in [-0.2, 0) is 14.8 Å². The molecular formula is C16H16N2O5S. The number of carbonyl (C=O) groups excluding carboxylic acids is 1. The van der Waals surface area contributed by atoms with Crippen LogP contribution < -0.4 is 19.5 Å². The number of fused-ring (bicyclic) bond motifs is 1. The third-order valence-electron chi connectivity index (χ3n) is 3.34. The molecule has 126 valence electrons. The summed E-state index contributed by atoms with van der Waals surface area (Å²) >= 11 is 0. The summed E-state index contributed by atoms with van der Waals surface area (Å²) in [4.78, 5) is 11.6. The summed E-state index contributed by atoms with van der Waals surface area (Å²) in [6.07, 6.45) is 0. The average Bonchev–Trinajstić information content (AvgIpc) is 2.56. The SMILES string of the molecule is CCOc1ccc(S(=O)(=O)Nc2cccc3c2NC(=O)CO3)cc1. The first-order chi connectivity index (χ1) is 11.5. The number of para-hydroxylation sites is 1. The van der Waals surface area contributed by atoms with Gasteiger partial charge in [-0.2, -0.15) is 0 Å². The van der Waals surface area contributed by atoms with Crippen molar-refractivity contribution in [3.05, 3.63) is 42.5 Å². The second-order valence-electron chi connectivity index (χ2n) is 5.03. The van der Waals surface area contributed by atoms with E-state index in [9.17, 15) is 13.2 Å². The zero-order valence-electron chi connectivity index (χ0n) is 12.9. The van der Waals surface area contributed by atoms with Crippen LogP contribution >= 0.6 is 0 Å². The lowest BCUT2D eigenvalue weighted by Gasteiger charge is -2.21. The van der Waals surface area contributed by atoms with Crippen LogP contribution in [0.15, 0.2) is 47.4 Å². The number of hydrogen-bond donors (Lipinski definition) is 2. The van der Waals surface area contributed by atoms with E-state index in [1.54, 1.807) is 30.3 Å². The van der Waals surface area contributed by atoms with Gasteiger partial charge in [0.2, 0.25) is 0 Å². The van der Waals surface area contributed by atoms with E-state index in [1.165, 1.54) is 12.1 Å². The van der Waals surface area contributed by atoms with E-state index in [0.29, 0.717) is 23.8 Å². The number of benzene rings is 2. The second-order valence-corrected chi connectivity index (χ2v) is 6.71. The first kappa shape index (κ1) is 16.1. The van der Waals surface area contributed by atoms with Crippen molar-refractivity contribution < 1.29 is 22.7 Å². The molecule has 2 aromatic carbocycles. The summed E-state index contributed by atoms with van der Waals surface area (Å²) < 4.78 is 38.1. The Hall–Kier alpha value is -2.74. The fraction of sp³-hybridized carbons (Fsp3) is 0.188. The molecule has 0 bridgehead atoms. The first-order valence-electron chi connectivity index (χ1n) is 7.31. The van der Waals surface area contributed by atoms with Crippen LogP contribution in [-0.4, -0.2) is 27.5 Å². The van der Waals surface area contributed by atoms with Crippen molar-refractivity contribution in [2.24, 2.45) is 0 Å². The lowest BCUT2D eigenvalue weighted by molar-refractivity contribution is -0.118. The maximum Gasteiger partial charge on any atom is 0.262 e. The van der Waals surface area contributed by atoms with E-state index < -0.39 is 10.0 Å². The Kier molecular flexibility index (Phi) is 4.30. The van der Waals surface area contributed by atoms with Gasteiger partial charge in [-0.05, 0) is 43.3 Å². The standard InChI is InChI=1S/C16H16N2O5S/c1-2-22-11-6-8-12(9-7-11)24(20,21)18-13-4-3-5-14-16(13)17-15(19)10-23-14/h3-9,18H,2,10H2,1H3,(H,17,19). The molecule has 7 nitrogen and oxygen atoms in total. The number of ether oxygens (including phenoxy) is 2. The third kappa shape index (κ3) is 3.28. The second kappa shape index (κ2) is 6.40. The van der Waals surface area contributed by atoms with Gasteiger partial charge in [0, 0.05) is 0 Å². The van der Waals surface area contributed by atoms with Crippen molar-refractivity contribution >= 4 is 27.3 Å². The molecule has 0 radical (unpaired) electrons. The van der Waals surface area contributed by atoms with Gasteiger partial charge in [-0.3, -0.25) is 9.52 Å². The molecule has 2 aromatic rings. The molecule has 1 heterocycles. The minimum Gasteiger partial charge on any atom is -0.494 e. The Labute approximate surface area is 139 Å². The third-order valence-corrected chi connectivity index (χ3v) is 4.72. The van der Waals surface area contributed by atoms with Crippen molar-refractivity contribution in [3.8, 4) is 11.5 Å². The molecule has 3 rings (SSSR count). The molecule has 0 unspecified atom stereocenters. The molecular weight excluding hydrogens is 332 g/mol. The highest BCUT2D eigenvalue weighted by molar-refractivity contribution is 7.92. The summed E-state index contributed by atoms with van der Waals surface area (Å²) in [5.41, 5.74) is 0.553. The smallest absolute Gasteiger partial charge is 0.262 e. The largest absolute Gasteiger partial charge is 0.494 e. The molecule has 2 N–H and O–H groups in total. The Morgan fingerprint density at radius 1 is 1.21 bits per heavy atom. The number of rotatable bonds is 5. The van der Waals surface area contributed by atoms with Gasteiger partial charge in [0.05, 0.1) is 17.2 Å². The van der Waals surface area contributed by atoms with Gasteiger partial charge in [0.1, 0.15) is 17.2 Å². The van der Waals surface area contributed by atoms with Gasteiger partial charge in [-0.1, -0.05) is 6.07 Å². The van der Waals surface area contributed by atoms with Crippen LogP contribution in [0.4, 0.5) is 11.4 Å². The van der Waals surface area contributed by atoms with E-state index >= 15 is 0 Å². The predicted octanol–water partition coefficient (Wildman–Crippen LogP) is 2.22. The minimum atomic E-state index is -3.81. The van der Waals surface area contributed by atoms with E-state index in [4.69, 9.17) is 9.47 Å². The lowest BCUT2D eigenvalue weighted by atomic mass is 10.2. The van der Waals surface area contributed by atoms with Crippen molar-refractivity contribution in [1.29, 1.82) is 0 Å². The monoisotopic (exact) mass is 348 g/mol. The van der Waals surface area contributed by atoms with Crippen molar-refractivity contribution in [1.82, 2.24) is 0 Å². The average molecular weight is 348 g/mol. The normalized spacial score (nSPS) is 13.5. The van der Waals surface area contributed by atoms with Crippen LogP contribution in [0.25, 0.3) is 0 Å². The molecule has 0 saturated heterocycles. The van der Waals surface area contributed by atoms with Gasteiger partial charge in [-0.25, -0.2) is 8.42 Å². The fourth-order valence-corrected chi connectivity index (χ4v) is 3.34. The van der Waals surface area contributed by atoms with Crippen LogP contribution in [0.1, 0.15) is 6.92 Å². The van der Waals surface area contributed by atoms with Gasteiger partial charge in [-0.15, -0.1) is 0 Å². The number of carbonyl (C=O) groups is 1. The van der Waals surface area contributed by atoms with Gasteiger partial charge in [0.25, 0.3) is 15.9 Å². The van der Waals surface area contributed by atoms with Gasteiger partial charge >= 0.3 is 0 Å². The number of anilines is 2. The summed E-state index contributed by atoms with van der Waals surface area (Å²) in [5.74, 6) is 0.672. The molecule has 1 aliphatic rings. The Balaban J connectivity index is 1.89. The minimum absolute atomic E-state index is 0.0895. The summed E-state index contributed by atoms with van der Waals surface area (Å²) in [6, 6.07) is 10.9. The molecule has 24 heavy (non-hydrogen) atoms. The maximum absolute atomic E-state index is 12.5. The number of sulfonamides is 1. The van der Waals surface area contributed by atoms with Crippen molar-refractivity contribution in [2.75, 3.05) is 23.3 Å². The van der Waals surface area contributed by atoms with E-state index in [2.05, 4.69) is 10.0 Å². The van der Waals surface area contributed by atoms with Gasteiger partial charge < -0.3 is 14.8 Å². The quantitative estimate of drug-likeness (QED) is 0.864. The summed E-state index contributed by atoms with van der Waals surface area (Å²) in [6.45, 7) is 2.25. The number of amides is 1. The summed E-state index contributed by atoms with van der Waals surface area (Å²) in [7, 11) is -3.81. The van der Waals surface area contributed by atoms with Crippen LogP contribution in [0.3, 0.4) is 0 Å². The van der Waals surface area contributed by atoms with Crippen molar-refractivity contribution in [2.45, 2.75) is 11.8 Å². The van der Waals surface area contributed by atoms with Gasteiger partial charge in [0.15, 0.2) is 6.61 Å². The molecule has 0 aliphatic carbocycles. The van der Waals surface area contributed by atoms with Crippen LogP contribution in [0.2, 0.25) is 0 Å². The number of nitrogens with one attached hydrogen (secondary N) is 2. The molecule has 8 heteroatoms. The Morgan fingerprint density at radius 2 is 1.96 bits per heavy atom. The molecule has 1 aliphatic heterocycles. The maximum atomic E-state index is 12.5. The Bertz CT molecular complexity index is 863. The fourth-order valence-electron chi connectivity index (χ4n) is 2.27. The molecule has 0 aromatic heterocycles. The zero-order chi connectivity index (χ0) is 17.2. The molecule has 0 spiro atoms. The van der Waals surface area contributed by atoms with Crippen LogP contribution in [0.5, 0.6) is 11.5 Å². The molecule has 1 amide bonds. The highest BCUT2D eigenvalue weighted by Crippen LogP contribution is 2.36. The predicted molar refractivity (Wildman–Crippen MR) is 89.0 cm³/mol. The molecule has 0 fully saturated rings. The van der Waals surface area contributed by atoms with Crippen LogP contribution in [0, 0.1) is 0 Å². The molecule has 0 atom stereocenters. The zero-order valence-corrected chi connectivity index (χ0v) is 13.7. The van der Waals surface area contributed by atoms with Crippen molar-refractivity contribution in [3.63, 3.8) is 0 Å². The Morgan fingerprint density at radius 3 is 2.67 bits per heavy atom. The highest BCUT2D eigenvalue weighted by Gasteiger charge is 2.22. The van der Waals surface area contributed by atoms with E-state index in [0.717, 1.165) is 0 Å². The topological polar surface area (TPSA) is 93.7 Å².